The van der Waals surface area contributed by atoms with E-state index in [9.17, 15) is 4.79 Å². The fourth-order valence-corrected chi connectivity index (χ4v) is 4.06. The topological polar surface area (TPSA) is 44.4 Å². The molecule has 2 amide bonds. The van der Waals surface area contributed by atoms with Crippen LogP contribution in [0.2, 0.25) is 0 Å². The lowest BCUT2D eigenvalue weighted by Gasteiger charge is -2.46. The highest BCUT2D eigenvalue weighted by Crippen LogP contribution is 2.28. The molecule has 1 fully saturated rings. The van der Waals surface area contributed by atoms with Crippen molar-refractivity contribution in [2.75, 3.05) is 7.05 Å². The van der Waals surface area contributed by atoms with Gasteiger partial charge in [0.2, 0.25) is 0 Å². The van der Waals surface area contributed by atoms with E-state index in [0.29, 0.717) is 6.54 Å². The van der Waals surface area contributed by atoms with Crippen LogP contribution in [0, 0.1) is 13.8 Å². The normalized spacial score (nSPS) is 19.8. The first kappa shape index (κ1) is 18.8. The van der Waals surface area contributed by atoms with Crippen LogP contribution < -0.4 is 10.6 Å². The SMILES string of the molecule is Cc1ccc(CN(C)C(=O)NC2CC(C)(C)NC(C)(C)C2)c(C)c1. The third-order valence-corrected chi connectivity index (χ3v) is 4.77. The first-order valence-corrected chi connectivity index (χ1v) is 8.85. The van der Waals surface area contributed by atoms with Gasteiger partial charge in [0, 0.05) is 30.7 Å². The minimum Gasteiger partial charge on any atom is -0.335 e. The number of urea groups is 1. The molecule has 1 saturated heterocycles. The number of carbonyl (C=O) groups is 1. The third kappa shape index (κ3) is 4.97. The van der Waals surface area contributed by atoms with E-state index in [4.69, 9.17) is 0 Å². The van der Waals surface area contributed by atoms with Crippen molar-refractivity contribution in [1.29, 1.82) is 0 Å². The molecule has 0 unspecified atom stereocenters. The average Bonchev–Trinajstić information content (AvgIpc) is 2.38. The van der Waals surface area contributed by atoms with Gasteiger partial charge in [-0.25, -0.2) is 4.79 Å². The van der Waals surface area contributed by atoms with Gasteiger partial charge < -0.3 is 15.5 Å². The van der Waals surface area contributed by atoms with Crippen LogP contribution in [0.15, 0.2) is 18.2 Å². The van der Waals surface area contributed by atoms with Gasteiger partial charge in [0.05, 0.1) is 0 Å². The zero-order valence-corrected chi connectivity index (χ0v) is 16.3. The number of aryl methyl sites for hydroxylation is 2. The maximum atomic E-state index is 12.6. The Morgan fingerprint density at radius 2 is 1.79 bits per heavy atom. The van der Waals surface area contributed by atoms with E-state index >= 15 is 0 Å². The summed E-state index contributed by atoms with van der Waals surface area (Å²) in [7, 11) is 1.87. The summed E-state index contributed by atoms with van der Waals surface area (Å²) < 4.78 is 0. The zero-order valence-electron chi connectivity index (χ0n) is 16.3. The summed E-state index contributed by atoms with van der Waals surface area (Å²) in [4.78, 5) is 14.4. The zero-order chi connectivity index (χ0) is 18.1. The minimum atomic E-state index is 0.00785. The van der Waals surface area contributed by atoms with E-state index in [1.165, 1.54) is 16.7 Å². The summed E-state index contributed by atoms with van der Waals surface area (Å²) in [6.07, 6.45) is 1.89. The Kier molecular flexibility index (Phi) is 5.28. The molecule has 1 aliphatic heterocycles. The van der Waals surface area contributed by atoms with Crippen molar-refractivity contribution in [3.63, 3.8) is 0 Å². The van der Waals surface area contributed by atoms with Gasteiger partial charge in [0.15, 0.2) is 0 Å². The van der Waals surface area contributed by atoms with Crippen molar-refractivity contribution >= 4 is 6.03 Å². The summed E-state index contributed by atoms with van der Waals surface area (Å²) in [5.74, 6) is 0. The van der Waals surface area contributed by atoms with Crippen LogP contribution in [0.1, 0.15) is 57.2 Å². The highest BCUT2D eigenvalue weighted by atomic mass is 16.2. The number of rotatable bonds is 3. The molecular weight excluding hydrogens is 298 g/mol. The Morgan fingerprint density at radius 3 is 2.33 bits per heavy atom. The highest BCUT2D eigenvalue weighted by molar-refractivity contribution is 5.74. The van der Waals surface area contributed by atoms with Crippen molar-refractivity contribution in [2.45, 2.75) is 78.0 Å². The predicted molar refractivity (Wildman–Crippen MR) is 100 cm³/mol. The van der Waals surface area contributed by atoms with Crippen molar-refractivity contribution in [1.82, 2.24) is 15.5 Å². The lowest BCUT2D eigenvalue weighted by Crippen LogP contribution is -2.62. The van der Waals surface area contributed by atoms with E-state index in [1.807, 2.05) is 7.05 Å². The number of hydrogen-bond acceptors (Lipinski definition) is 2. The number of hydrogen-bond donors (Lipinski definition) is 2. The second-order valence-corrected chi connectivity index (χ2v) is 8.73. The number of carbonyl (C=O) groups excluding carboxylic acids is 1. The Morgan fingerprint density at radius 1 is 1.21 bits per heavy atom. The summed E-state index contributed by atoms with van der Waals surface area (Å²) in [5.41, 5.74) is 3.75. The number of nitrogens with zero attached hydrogens (tertiary/aromatic N) is 1. The van der Waals surface area contributed by atoms with E-state index in [0.717, 1.165) is 12.8 Å². The molecular formula is C20H33N3O. The quantitative estimate of drug-likeness (QED) is 0.886. The molecule has 0 bridgehead atoms. The average molecular weight is 332 g/mol. The van der Waals surface area contributed by atoms with Crippen LogP contribution in [0.4, 0.5) is 4.79 Å². The molecule has 2 rings (SSSR count). The summed E-state index contributed by atoms with van der Waals surface area (Å²) >= 11 is 0. The molecule has 1 heterocycles. The summed E-state index contributed by atoms with van der Waals surface area (Å²) in [6, 6.07) is 6.59. The van der Waals surface area contributed by atoms with Crippen LogP contribution in [-0.2, 0) is 6.54 Å². The first-order valence-electron chi connectivity index (χ1n) is 8.85. The second-order valence-electron chi connectivity index (χ2n) is 8.73. The van der Waals surface area contributed by atoms with E-state index in [2.05, 4.69) is 70.4 Å². The smallest absolute Gasteiger partial charge is 0.317 e. The molecule has 0 atom stereocenters. The molecule has 0 aromatic heterocycles. The molecule has 0 saturated carbocycles. The van der Waals surface area contributed by atoms with Gasteiger partial charge >= 0.3 is 6.03 Å². The van der Waals surface area contributed by atoms with Crippen molar-refractivity contribution in [3.8, 4) is 0 Å². The van der Waals surface area contributed by atoms with Crippen LogP contribution >= 0.6 is 0 Å². The molecule has 24 heavy (non-hydrogen) atoms. The fraction of sp³-hybridized carbons (Fsp3) is 0.650. The Labute approximate surface area is 147 Å². The van der Waals surface area contributed by atoms with E-state index in [-0.39, 0.29) is 23.2 Å². The van der Waals surface area contributed by atoms with Gasteiger partial charge in [-0.2, -0.15) is 0 Å². The van der Waals surface area contributed by atoms with Crippen LogP contribution in [-0.4, -0.2) is 35.1 Å². The molecule has 2 N–H and O–H groups in total. The Balaban J connectivity index is 1.98. The molecule has 0 aliphatic carbocycles. The van der Waals surface area contributed by atoms with E-state index in [1.54, 1.807) is 4.90 Å². The predicted octanol–water partition coefficient (Wildman–Crippen LogP) is 3.75. The van der Waals surface area contributed by atoms with Crippen molar-refractivity contribution in [2.24, 2.45) is 0 Å². The van der Waals surface area contributed by atoms with Crippen LogP contribution in [0.5, 0.6) is 0 Å². The molecule has 4 heteroatoms. The van der Waals surface area contributed by atoms with Crippen LogP contribution in [0.3, 0.4) is 0 Å². The second kappa shape index (κ2) is 6.75. The number of amides is 2. The molecule has 1 aromatic carbocycles. The summed E-state index contributed by atoms with van der Waals surface area (Å²) in [5, 5.41) is 6.88. The monoisotopic (exact) mass is 331 g/mol. The molecule has 1 aromatic rings. The van der Waals surface area contributed by atoms with Crippen molar-refractivity contribution < 1.29 is 4.79 Å². The number of piperidine rings is 1. The van der Waals surface area contributed by atoms with Gasteiger partial charge in [-0.1, -0.05) is 23.8 Å². The molecule has 4 nitrogen and oxygen atoms in total. The number of nitrogens with one attached hydrogen (secondary N) is 2. The highest BCUT2D eigenvalue weighted by Gasteiger charge is 2.38. The van der Waals surface area contributed by atoms with E-state index < -0.39 is 0 Å². The third-order valence-electron chi connectivity index (χ3n) is 4.77. The van der Waals surface area contributed by atoms with Gasteiger partial charge in [0.1, 0.15) is 0 Å². The van der Waals surface area contributed by atoms with Gasteiger partial charge in [-0.3, -0.25) is 0 Å². The summed E-state index contributed by atoms with van der Waals surface area (Å²) in [6.45, 7) is 13.6. The first-order chi connectivity index (χ1) is 11.0. The van der Waals surface area contributed by atoms with Crippen LogP contribution in [0.25, 0.3) is 0 Å². The Hall–Kier alpha value is -1.55. The van der Waals surface area contributed by atoms with Gasteiger partial charge in [-0.05, 0) is 65.5 Å². The number of benzene rings is 1. The van der Waals surface area contributed by atoms with Crippen molar-refractivity contribution in [3.05, 3.63) is 34.9 Å². The largest absolute Gasteiger partial charge is 0.335 e. The molecule has 1 aliphatic rings. The van der Waals surface area contributed by atoms with Gasteiger partial charge in [0.25, 0.3) is 0 Å². The Bertz CT molecular complexity index is 591. The lowest BCUT2D eigenvalue weighted by molar-refractivity contribution is 0.140. The maximum Gasteiger partial charge on any atom is 0.317 e. The maximum absolute atomic E-state index is 12.6. The molecule has 0 spiro atoms. The molecule has 134 valence electrons. The van der Waals surface area contributed by atoms with Gasteiger partial charge in [-0.15, -0.1) is 0 Å². The lowest BCUT2D eigenvalue weighted by atomic mass is 9.80. The molecule has 0 radical (unpaired) electrons. The fourth-order valence-electron chi connectivity index (χ4n) is 4.06. The standard InChI is InChI=1S/C20H33N3O/c1-14-8-9-16(15(2)10-14)13-23(7)18(24)21-17-11-19(3,4)22-20(5,6)12-17/h8-10,17,22H,11-13H2,1-7H3,(H,21,24). The minimum absolute atomic E-state index is 0.00785.